The minimum Gasteiger partial charge on any atom is -0.370 e. The maximum atomic E-state index is 5.28. The van der Waals surface area contributed by atoms with Gasteiger partial charge >= 0.3 is 0 Å². The molecule has 0 radical (unpaired) electrons. The molecule has 0 unspecified atom stereocenters. The quantitative estimate of drug-likeness (QED) is 0.334. The summed E-state index contributed by atoms with van der Waals surface area (Å²) in [5, 5.41) is 3.59. The zero-order chi connectivity index (χ0) is 12.6. The number of hydrogen-bond donors (Lipinski definition) is 3. The Morgan fingerprint density at radius 3 is 2.25 bits per heavy atom. The molecule has 0 saturated carbocycles. The average molecular weight is 228 g/mol. The van der Waals surface area contributed by atoms with Crippen LogP contribution >= 0.6 is 0 Å². The van der Waals surface area contributed by atoms with Gasteiger partial charge in [-0.2, -0.15) is 0 Å². The van der Waals surface area contributed by atoms with Crippen LogP contribution in [0.3, 0.4) is 0 Å². The minimum atomic E-state index is 0.192. The molecule has 0 bridgehead atoms. The molecule has 0 aromatic carbocycles. The van der Waals surface area contributed by atoms with E-state index in [4.69, 9.17) is 11.5 Å². The largest absolute Gasteiger partial charge is 0.370 e. The van der Waals surface area contributed by atoms with E-state index in [1.807, 2.05) is 0 Å². The fraction of sp³-hybridized carbons (Fsp3) is 0.917. The average Bonchev–Trinajstić information content (AvgIpc) is 2.09. The van der Waals surface area contributed by atoms with Gasteiger partial charge in [0.1, 0.15) is 0 Å². The Labute approximate surface area is 99.9 Å². The SMILES string of the molecule is CC(C)C[C@H](CCCN=C(N)N)NC(C)C. The summed E-state index contributed by atoms with van der Waals surface area (Å²) in [5.41, 5.74) is 10.6. The molecule has 96 valence electrons. The molecular weight excluding hydrogens is 200 g/mol. The van der Waals surface area contributed by atoms with Crippen LogP contribution in [0.25, 0.3) is 0 Å². The first kappa shape index (κ1) is 15.2. The van der Waals surface area contributed by atoms with E-state index in [1.54, 1.807) is 0 Å². The molecule has 0 spiro atoms. The van der Waals surface area contributed by atoms with E-state index < -0.39 is 0 Å². The normalized spacial score (nSPS) is 13.1. The lowest BCUT2D eigenvalue weighted by molar-refractivity contribution is 0.368. The Balaban J connectivity index is 3.87. The molecule has 5 N–H and O–H groups in total. The molecule has 4 heteroatoms. The van der Waals surface area contributed by atoms with Gasteiger partial charge in [-0.1, -0.05) is 27.7 Å². The van der Waals surface area contributed by atoms with Crippen LogP contribution in [-0.2, 0) is 0 Å². The molecule has 0 saturated heterocycles. The first-order valence-corrected chi connectivity index (χ1v) is 6.23. The van der Waals surface area contributed by atoms with E-state index >= 15 is 0 Å². The lowest BCUT2D eigenvalue weighted by Crippen LogP contribution is -2.36. The highest BCUT2D eigenvalue weighted by molar-refractivity contribution is 5.75. The third-order valence-corrected chi connectivity index (χ3v) is 2.33. The monoisotopic (exact) mass is 228 g/mol. The Kier molecular flexibility index (Phi) is 7.99. The van der Waals surface area contributed by atoms with E-state index in [0.29, 0.717) is 12.1 Å². The molecule has 0 aliphatic heterocycles. The summed E-state index contributed by atoms with van der Waals surface area (Å²) in [7, 11) is 0. The van der Waals surface area contributed by atoms with Crippen molar-refractivity contribution in [1.82, 2.24) is 5.32 Å². The summed E-state index contributed by atoms with van der Waals surface area (Å²) in [6, 6.07) is 1.11. The van der Waals surface area contributed by atoms with Gasteiger partial charge in [-0.05, 0) is 25.2 Å². The van der Waals surface area contributed by atoms with Crippen molar-refractivity contribution in [3.63, 3.8) is 0 Å². The van der Waals surface area contributed by atoms with Gasteiger partial charge in [0.05, 0.1) is 0 Å². The van der Waals surface area contributed by atoms with Crippen LogP contribution < -0.4 is 16.8 Å². The van der Waals surface area contributed by atoms with Gasteiger partial charge in [0, 0.05) is 18.6 Å². The number of aliphatic imine (C=N–C) groups is 1. The molecule has 4 nitrogen and oxygen atoms in total. The highest BCUT2D eigenvalue weighted by Crippen LogP contribution is 2.10. The van der Waals surface area contributed by atoms with Crippen LogP contribution in [0, 0.1) is 5.92 Å². The molecule has 0 aromatic rings. The van der Waals surface area contributed by atoms with Crippen molar-refractivity contribution in [2.24, 2.45) is 22.4 Å². The second-order valence-electron chi connectivity index (χ2n) is 5.10. The molecule has 16 heavy (non-hydrogen) atoms. The van der Waals surface area contributed by atoms with Crippen molar-refractivity contribution in [3.8, 4) is 0 Å². The van der Waals surface area contributed by atoms with Gasteiger partial charge in [-0.15, -0.1) is 0 Å². The summed E-state index contributed by atoms with van der Waals surface area (Å²) in [4.78, 5) is 4.00. The fourth-order valence-corrected chi connectivity index (χ4v) is 1.86. The predicted molar refractivity (Wildman–Crippen MR) is 71.4 cm³/mol. The van der Waals surface area contributed by atoms with Gasteiger partial charge in [0.2, 0.25) is 0 Å². The molecule has 0 fully saturated rings. The van der Waals surface area contributed by atoms with E-state index in [0.717, 1.165) is 25.3 Å². The Bertz CT molecular complexity index is 185. The number of nitrogens with zero attached hydrogens (tertiary/aromatic N) is 1. The van der Waals surface area contributed by atoms with Crippen molar-refractivity contribution in [3.05, 3.63) is 0 Å². The van der Waals surface area contributed by atoms with E-state index in [9.17, 15) is 0 Å². The predicted octanol–water partition coefficient (Wildman–Crippen LogP) is 1.45. The summed E-state index contributed by atoms with van der Waals surface area (Å²) in [6.45, 7) is 9.61. The Hall–Kier alpha value is -0.770. The van der Waals surface area contributed by atoms with Gasteiger partial charge < -0.3 is 16.8 Å². The van der Waals surface area contributed by atoms with Crippen LogP contribution in [0.5, 0.6) is 0 Å². The van der Waals surface area contributed by atoms with E-state index in [-0.39, 0.29) is 5.96 Å². The number of nitrogens with two attached hydrogens (primary N) is 2. The van der Waals surface area contributed by atoms with Crippen LogP contribution in [0.1, 0.15) is 47.0 Å². The third-order valence-electron chi connectivity index (χ3n) is 2.33. The second-order valence-corrected chi connectivity index (χ2v) is 5.10. The number of nitrogens with one attached hydrogen (secondary N) is 1. The van der Waals surface area contributed by atoms with Crippen molar-refractivity contribution < 1.29 is 0 Å². The summed E-state index contributed by atoms with van der Waals surface area (Å²) >= 11 is 0. The fourth-order valence-electron chi connectivity index (χ4n) is 1.86. The zero-order valence-corrected chi connectivity index (χ0v) is 11.2. The summed E-state index contributed by atoms with van der Waals surface area (Å²) in [6.07, 6.45) is 3.38. The smallest absolute Gasteiger partial charge is 0.185 e. The van der Waals surface area contributed by atoms with Crippen LogP contribution in [0.2, 0.25) is 0 Å². The van der Waals surface area contributed by atoms with Gasteiger partial charge in [0.15, 0.2) is 5.96 Å². The van der Waals surface area contributed by atoms with Gasteiger partial charge in [0.25, 0.3) is 0 Å². The van der Waals surface area contributed by atoms with Crippen LogP contribution in [-0.4, -0.2) is 24.6 Å². The topological polar surface area (TPSA) is 76.4 Å². The van der Waals surface area contributed by atoms with Gasteiger partial charge in [-0.3, -0.25) is 4.99 Å². The first-order valence-electron chi connectivity index (χ1n) is 6.23. The number of rotatable bonds is 8. The molecule has 0 amide bonds. The molecular formula is C12H28N4. The molecule has 0 aliphatic carbocycles. The van der Waals surface area contributed by atoms with Crippen molar-refractivity contribution in [2.45, 2.75) is 59.0 Å². The maximum absolute atomic E-state index is 5.28. The van der Waals surface area contributed by atoms with Crippen molar-refractivity contribution in [1.29, 1.82) is 0 Å². The Morgan fingerprint density at radius 1 is 1.19 bits per heavy atom. The van der Waals surface area contributed by atoms with Crippen LogP contribution in [0.15, 0.2) is 4.99 Å². The molecule has 0 aromatic heterocycles. The summed E-state index contributed by atoms with van der Waals surface area (Å²) < 4.78 is 0. The zero-order valence-electron chi connectivity index (χ0n) is 11.2. The van der Waals surface area contributed by atoms with Gasteiger partial charge in [-0.25, -0.2) is 0 Å². The number of hydrogen-bond acceptors (Lipinski definition) is 2. The highest BCUT2D eigenvalue weighted by atomic mass is 15.0. The lowest BCUT2D eigenvalue weighted by atomic mass is 9.99. The first-order chi connectivity index (χ1) is 7.41. The molecule has 0 aliphatic rings. The highest BCUT2D eigenvalue weighted by Gasteiger charge is 2.11. The molecule has 0 heterocycles. The van der Waals surface area contributed by atoms with E-state index in [2.05, 4.69) is 38.0 Å². The Morgan fingerprint density at radius 2 is 1.81 bits per heavy atom. The van der Waals surface area contributed by atoms with Crippen molar-refractivity contribution >= 4 is 5.96 Å². The molecule has 0 rings (SSSR count). The summed E-state index contributed by atoms with van der Waals surface area (Å²) in [5.74, 6) is 0.913. The maximum Gasteiger partial charge on any atom is 0.185 e. The third kappa shape index (κ3) is 9.77. The molecule has 1 atom stereocenters. The second kappa shape index (κ2) is 8.39. The number of guanidine groups is 1. The van der Waals surface area contributed by atoms with Crippen molar-refractivity contribution in [2.75, 3.05) is 6.54 Å². The standard InChI is InChI=1S/C12H28N4/c1-9(2)8-11(16-10(3)4)6-5-7-15-12(13)14/h9-11,16H,5-8H2,1-4H3,(H4,13,14,15)/t11-/m0/s1. The van der Waals surface area contributed by atoms with E-state index in [1.165, 1.54) is 6.42 Å². The van der Waals surface area contributed by atoms with Crippen LogP contribution in [0.4, 0.5) is 0 Å². The minimum absolute atomic E-state index is 0.192. The lowest BCUT2D eigenvalue weighted by Gasteiger charge is -2.22.